The first-order valence-corrected chi connectivity index (χ1v) is 15.9. The number of fused-ring (bicyclic) bond motifs is 1. The van der Waals surface area contributed by atoms with E-state index in [-0.39, 0.29) is 11.5 Å². The van der Waals surface area contributed by atoms with Crippen LogP contribution in [0.2, 0.25) is 0 Å². The van der Waals surface area contributed by atoms with Crippen molar-refractivity contribution < 1.29 is 14.2 Å². The molecule has 1 heterocycles. The van der Waals surface area contributed by atoms with Crippen molar-refractivity contribution in [2.75, 3.05) is 13.7 Å². The average Bonchev–Trinajstić information content (AvgIpc) is 3.00. The van der Waals surface area contributed by atoms with Gasteiger partial charge in [-0.2, -0.15) is 9.78 Å². The molecule has 5 aromatic rings. The van der Waals surface area contributed by atoms with E-state index in [0.29, 0.717) is 41.4 Å². The zero-order valence-electron chi connectivity index (χ0n) is 25.2. The highest BCUT2D eigenvalue weighted by Gasteiger charge is 2.18. The Balaban J connectivity index is 1.56. The minimum Gasteiger partial charge on any atom is -0.496 e. The summed E-state index contributed by atoms with van der Waals surface area (Å²) in [6.07, 6.45) is 1.64. The molecular weight excluding hydrogens is 686 g/mol. The SMILES string of the molecule is CCOc1cc(C=Nn2c(-c3cc(C(C)C)c(OC)cc3C)nc3ccccc3c2=O)ccc1OCc1ccc(Br)cc1Br. The van der Waals surface area contributed by atoms with Crippen LogP contribution in [0.1, 0.15) is 48.9 Å². The lowest BCUT2D eigenvalue weighted by atomic mass is 9.96. The second kappa shape index (κ2) is 13.8. The van der Waals surface area contributed by atoms with Gasteiger partial charge >= 0.3 is 0 Å². The Morgan fingerprint density at radius 1 is 0.955 bits per heavy atom. The molecule has 4 aromatic carbocycles. The van der Waals surface area contributed by atoms with Gasteiger partial charge in [0.15, 0.2) is 17.3 Å². The smallest absolute Gasteiger partial charge is 0.282 e. The Hall–Kier alpha value is -3.95. The first kappa shape index (κ1) is 31.5. The summed E-state index contributed by atoms with van der Waals surface area (Å²) in [5.74, 6) is 2.66. The molecule has 7 nitrogen and oxygen atoms in total. The van der Waals surface area contributed by atoms with E-state index in [0.717, 1.165) is 42.5 Å². The van der Waals surface area contributed by atoms with E-state index < -0.39 is 0 Å². The van der Waals surface area contributed by atoms with Crippen LogP contribution in [0.4, 0.5) is 0 Å². The molecule has 0 N–H and O–H groups in total. The summed E-state index contributed by atoms with van der Waals surface area (Å²) >= 11 is 7.07. The maximum atomic E-state index is 13.8. The van der Waals surface area contributed by atoms with Gasteiger partial charge in [0, 0.05) is 20.1 Å². The van der Waals surface area contributed by atoms with Gasteiger partial charge in [-0.1, -0.05) is 63.9 Å². The van der Waals surface area contributed by atoms with E-state index in [1.54, 1.807) is 19.4 Å². The molecule has 9 heteroatoms. The lowest BCUT2D eigenvalue weighted by molar-refractivity contribution is 0.269. The molecule has 1 aromatic heterocycles. The molecular formula is C35H33Br2N3O4. The van der Waals surface area contributed by atoms with Gasteiger partial charge in [-0.15, -0.1) is 0 Å². The lowest BCUT2D eigenvalue weighted by Crippen LogP contribution is -2.20. The Morgan fingerprint density at radius 2 is 1.75 bits per heavy atom. The van der Waals surface area contributed by atoms with Crippen LogP contribution in [0.15, 0.2) is 91.6 Å². The number of methoxy groups -OCH3 is 1. The Bertz CT molecular complexity index is 1920. The Kier molecular flexibility index (Phi) is 9.86. The van der Waals surface area contributed by atoms with Crippen molar-refractivity contribution in [3.63, 3.8) is 0 Å². The fourth-order valence-corrected chi connectivity index (χ4v) is 6.04. The van der Waals surface area contributed by atoms with Gasteiger partial charge in [-0.3, -0.25) is 4.79 Å². The second-order valence-corrected chi connectivity index (χ2v) is 12.3. The topological polar surface area (TPSA) is 74.9 Å². The normalized spacial score (nSPS) is 11.5. The molecule has 0 aliphatic heterocycles. The molecule has 5 rings (SSSR count). The van der Waals surface area contributed by atoms with Crippen LogP contribution in [0, 0.1) is 6.92 Å². The van der Waals surface area contributed by atoms with Crippen molar-refractivity contribution in [2.24, 2.45) is 5.10 Å². The van der Waals surface area contributed by atoms with Crippen LogP contribution >= 0.6 is 31.9 Å². The minimum absolute atomic E-state index is 0.205. The fourth-order valence-electron chi connectivity index (χ4n) is 4.88. The predicted molar refractivity (Wildman–Crippen MR) is 184 cm³/mol. The third-order valence-electron chi connectivity index (χ3n) is 7.18. The summed E-state index contributed by atoms with van der Waals surface area (Å²) in [5.41, 5.74) is 4.86. The van der Waals surface area contributed by atoms with E-state index in [9.17, 15) is 4.79 Å². The zero-order chi connectivity index (χ0) is 31.4. The van der Waals surface area contributed by atoms with Gasteiger partial charge in [0.1, 0.15) is 12.4 Å². The van der Waals surface area contributed by atoms with Crippen molar-refractivity contribution in [1.82, 2.24) is 9.66 Å². The van der Waals surface area contributed by atoms with E-state index in [4.69, 9.17) is 19.2 Å². The number of para-hydroxylation sites is 1. The van der Waals surface area contributed by atoms with Gasteiger partial charge in [-0.25, -0.2) is 4.98 Å². The van der Waals surface area contributed by atoms with Gasteiger partial charge in [0.2, 0.25) is 0 Å². The van der Waals surface area contributed by atoms with Gasteiger partial charge in [0.05, 0.1) is 30.8 Å². The van der Waals surface area contributed by atoms with Crippen molar-refractivity contribution >= 4 is 49.0 Å². The standard InChI is InChI=1S/C35H33Br2N3O4/c1-6-43-33-16-23(11-14-31(33)44-20-24-12-13-25(36)17-29(24)37)19-38-40-34(39-30-10-8-7-9-26(30)35(40)41)28-18-27(21(2)3)32(42-5)15-22(28)4/h7-19,21H,6,20H2,1-5H3. The Labute approximate surface area is 273 Å². The molecule has 0 atom stereocenters. The summed E-state index contributed by atoms with van der Waals surface area (Å²) in [4.78, 5) is 18.7. The molecule has 0 aliphatic rings. The molecule has 0 saturated heterocycles. The van der Waals surface area contributed by atoms with Crippen LogP contribution in [0.25, 0.3) is 22.3 Å². The van der Waals surface area contributed by atoms with E-state index in [2.05, 4.69) is 50.8 Å². The quantitative estimate of drug-likeness (QED) is 0.135. The first-order chi connectivity index (χ1) is 21.2. The number of ether oxygens (including phenoxy) is 3. The molecule has 0 fully saturated rings. The fraction of sp³-hybridized carbons (Fsp3) is 0.229. The summed E-state index contributed by atoms with van der Waals surface area (Å²) in [6.45, 7) is 8.95. The molecule has 0 spiro atoms. The number of benzene rings is 4. The molecule has 0 radical (unpaired) electrons. The minimum atomic E-state index is -0.256. The van der Waals surface area contributed by atoms with Crippen LogP contribution in [0.5, 0.6) is 17.2 Å². The van der Waals surface area contributed by atoms with Crippen LogP contribution in [-0.2, 0) is 6.61 Å². The monoisotopic (exact) mass is 717 g/mol. The molecule has 44 heavy (non-hydrogen) atoms. The maximum absolute atomic E-state index is 13.8. The van der Waals surface area contributed by atoms with Crippen LogP contribution < -0.4 is 19.8 Å². The lowest BCUT2D eigenvalue weighted by Gasteiger charge is -2.17. The average molecular weight is 719 g/mol. The van der Waals surface area contributed by atoms with E-state index >= 15 is 0 Å². The van der Waals surface area contributed by atoms with Crippen molar-refractivity contribution in [3.8, 4) is 28.6 Å². The molecule has 0 amide bonds. The number of hydrogen-bond donors (Lipinski definition) is 0. The number of aryl methyl sites for hydroxylation is 1. The maximum Gasteiger partial charge on any atom is 0.282 e. The molecule has 226 valence electrons. The summed E-state index contributed by atoms with van der Waals surface area (Å²) < 4.78 is 21.0. The van der Waals surface area contributed by atoms with Gasteiger partial charge < -0.3 is 14.2 Å². The third kappa shape index (κ3) is 6.74. The van der Waals surface area contributed by atoms with Crippen molar-refractivity contribution in [3.05, 3.63) is 114 Å². The number of rotatable bonds is 10. The summed E-state index contributed by atoms with van der Waals surface area (Å²) in [6, 6.07) is 22.9. The highest BCUT2D eigenvalue weighted by Crippen LogP contribution is 2.34. The predicted octanol–water partition coefficient (Wildman–Crippen LogP) is 8.89. The second-order valence-electron chi connectivity index (χ2n) is 10.5. The van der Waals surface area contributed by atoms with E-state index in [1.807, 2.05) is 80.6 Å². The van der Waals surface area contributed by atoms with E-state index in [1.165, 1.54) is 4.68 Å². The zero-order valence-corrected chi connectivity index (χ0v) is 28.4. The number of aromatic nitrogens is 2. The van der Waals surface area contributed by atoms with Crippen LogP contribution in [0.3, 0.4) is 0 Å². The van der Waals surface area contributed by atoms with Crippen molar-refractivity contribution in [2.45, 2.75) is 40.2 Å². The van der Waals surface area contributed by atoms with Crippen LogP contribution in [-0.4, -0.2) is 29.6 Å². The first-order valence-electron chi connectivity index (χ1n) is 14.3. The van der Waals surface area contributed by atoms with Gasteiger partial charge in [0.25, 0.3) is 5.56 Å². The molecule has 0 aliphatic carbocycles. The third-order valence-corrected chi connectivity index (χ3v) is 8.41. The highest BCUT2D eigenvalue weighted by atomic mass is 79.9. The Morgan fingerprint density at radius 3 is 2.48 bits per heavy atom. The number of hydrogen-bond acceptors (Lipinski definition) is 6. The molecule has 0 saturated carbocycles. The number of nitrogens with zero attached hydrogens (tertiary/aromatic N) is 3. The highest BCUT2D eigenvalue weighted by molar-refractivity contribution is 9.11. The largest absolute Gasteiger partial charge is 0.496 e. The van der Waals surface area contributed by atoms with Gasteiger partial charge in [-0.05, 0) is 91.1 Å². The molecule has 0 unspecified atom stereocenters. The number of halogens is 2. The summed E-state index contributed by atoms with van der Waals surface area (Å²) in [5, 5.41) is 5.17. The molecule has 0 bridgehead atoms. The van der Waals surface area contributed by atoms with Crippen molar-refractivity contribution in [1.29, 1.82) is 0 Å². The summed E-state index contributed by atoms with van der Waals surface area (Å²) in [7, 11) is 1.67.